The van der Waals surface area contributed by atoms with E-state index in [2.05, 4.69) is 20.1 Å². The van der Waals surface area contributed by atoms with Gasteiger partial charge in [0, 0.05) is 47.9 Å². The van der Waals surface area contributed by atoms with Crippen molar-refractivity contribution in [1.82, 2.24) is 20.1 Å². The number of ether oxygens (including phenoxy) is 2. The highest BCUT2D eigenvalue weighted by Crippen LogP contribution is 2.37. The van der Waals surface area contributed by atoms with E-state index in [1.165, 1.54) is 11.3 Å². The molecule has 2 aliphatic rings. The predicted octanol–water partition coefficient (Wildman–Crippen LogP) is 2.82. The van der Waals surface area contributed by atoms with Crippen LogP contribution in [0.2, 0.25) is 0 Å². The Labute approximate surface area is 143 Å². The lowest BCUT2D eigenvalue weighted by Gasteiger charge is -2.26. The molecule has 7 heteroatoms. The maximum atomic E-state index is 5.49. The molecule has 24 heavy (non-hydrogen) atoms. The lowest BCUT2D eigenvalue weighted by Crippen LogP contribution is -2.29. The molecule has 0 unspecified atom stereocenters. The largest absolute Gasteiger partial charge is 0.454 e. The van der Waals surface area contributed by atoms with Gasteiger partial charge in [0.15, 0.2) is 11.5 Å². The second-order valence-electron chi connectivity index (χ2n) is 5.98. The Kier molecular flexibility index (Phi) is 3.27. The third kappa shape index (κ3) is 2.37. The van der Waals surface area contributed by atoms with Crippen LogP contribution >= 0.6 is 11.3 Å². The van der Waals surface area contributed by atoms with E-state index in [-0.39, 0.29) is 0 Å². The number of benzene rings is 1. The van der Waals surface area contributed by atoms with E-state index in [1.807, 2.05) is 29.8 Å². The van der Waals surface area contributed by atoms with Crippen molar-refractivity contribution in [2.75, 3.05) is 13.3 Å². The van der Waals surface area contributed by atoms with E-state index in [0.29, 0.717) is 6.79 Å². The molecular weight excluding hydrogens is 324 g/mol. The summed E-state index contributed by atoms with van der Waals surface area (Å²) in [7, 11) is 0. The number of rotatable bonds is 3. The molecular formula is C17H16N4O2S. The van der Waals surface area contributed by atoms with Crippen LogP contribution in [0.1, 0.15) is 16.3 Å². The van der Waals surface area contributed by atoms with E-state index < -0.39 is 0 Å². The van der Waals surface area contributed by atoms with Gasteiger partial charge in [0.25, 0.3) is 0 Å². The fraction of sp³-hybridized carbons (Fsp3) is 0.294. The van der Waals surface area contributed by atoms with Gasteiger partial charge in [-0.15, -0.1) is 11.3 Å². The summed E-state index contributed by atoms with van der Waals surface area (Å²) in [6.45, 7) is 3.09. The first kappa shape index (κ1) is 14.0. The average molecular weight is 340 g/mol. The van der Waals surface area contributed by atoms with Gasteiger partial charge in [-0.1, -0.05) is 0 Å². The normalized spacial score (nSPS) is 16.3. The van der Waals surface area contributed by atoms with Gasteiger partial charge in [0.2, 0.25) is 6.79 Å². The number of aromatic nitrogens is 3. The lowest BCUT2D eigenvalue weighted by molar-refractivity contribution is 0.174. The van der Waals surface area contributed by atoms with Crippen LogP contribution < -0.4 is 9.47 Å². The van der Waals surface area contributed by atoms with E-state index in [0.717, 1.165) is 53.8 Å². The second kappa shape index (κ2) is 5.61. The Morgan fingerprint density at radius 1 is 1.25 bits per heavy atom. The van der Waals surface area contributed by atoms with E-state index in [9.17, 15) is 0 Å². The summed E-state index contributed by atoms with van der Waals surface area (Å²) in [5, 5.41) is 11.0. The zero-order valence-corrected chi connectivity index (χ0v) is 13.8. The quantitative estimate of drug-likeness (QED) is 0.794. The molecule has 5 rings (SSSR count). The molecule has 122 valence electrons. The smallest absolute Gasteiger partial charge is 0.231 e. The standard InChI is InChI=1S/C17H16N4O2S/c1-2-14-15(23-10-22-14)7-11(1)17-12-8-21(5-3-13(12)19-20-17)9-16-18-4-6-24-16/h1-2,4,6-7H,3,5,8-10H2,(H,19,20). The monoisotopic (exact) mass is 340 g/mol. The van der Waals surface area contributed by atoms with Crippen LogP contribution in [0.15, 0.2) is 29.8 Å². The summed E-state index contributed by atoms with van der Waals surface area (Å²) in [6.07, 6.45) is 2.85. The summed E-state index contributed by atoms with van der Waals surface area (Å²) in [4.78, 5) is 6.82. The van der Waals surface area contributed by atoms with Crippen LogP contribution in [0.25, 0.3) is 11.3 Å². The summed E-state index contributed by atoms with van der Waals surface area (Å²) < 4.78 is 10.9. The molecule has 0 radical (unpaired) electrons. The van der Waals surface area contributed by atoms with E-state index in [4.69, 9.17) is 9.47 Å². The molecule has 0 atom stereocenters. The Bertz CT molecular complexity index is 875. The van der Waals surface area contributed by atoms with Crippen molar-refractivity contribution < 1.29 is 9.47 Å². The van der Waals surface area contributed by atoms with Crippen molar-refractivity contribution in [3.8, 4) is 22.8 Å². The van der Waals surface area contributed by atoms with Crippen LogP contribution in [0.4, 0.5) is 0 Å². The van der Waals surface area contributed by atoms with Crippen molar-refractivity contribution in [3.05, 3.63) is 46.0 Å². The molecule has 0 saturated heterocycles. The van der Waals surface area contributed by atoms with Crippen molar-refractivity contribution in [3.63, 3.8) is 0 Å². The minimum Gasteiger partial charge on any atom is -0.454 e. The Morgan fingerprint density at radius 2 is 2.21 bits per heavy atom. The van der Waals surface area contributed by atoms with Gasteiger partial charge < -0.3 is 9.47 Å². The first-order valence-electron chi connectivity index (χ1n) is 7.94. The summed E-state index contributed by atoms with van der Waals surface area (Å²) in [5.74, 6) is 1.59. The molecule has 0 aliphatic carbocycles. The highest BCUT2D eigenvalue weighted by atomic mass is 32.1. The zero-order chi connectivity index (χ0) is 15.9. The number of nitrogens with one attached hydrogen (secondary N) is 1. The topological polar surface area (TPSA) is 63.3 Å². The molecule has 4 heterocycles. The molecule has 0 saturated carbocycles. The Morgan fingerprint density at radius 3 is 3.12 bits per heavy atom. The third-order valence-corrected chi connectivity index (χ3v) is 5.27. The van der Waals surface area contributed by atoms with Crippen LogP contribution in [-0.4, -0.2) is 33.4 Å². The molecule has 0 bridgehead atoms. The van der Waals surface area contributed by atoms with Gasteiger partial charge in [0.05, 0.1) is 12.2 Å². The zero-order valence-electron chi connectivity index (χ0n) is 13.0. The number of nitrogens with zero attached hydrogens (tertiary/aromatic N) is 3. The number of hydrogen-bond donors (Lipinski definition) is 1. The average Bonchev–Trinajstić information content (AvgIpc) is 3.34. The fourth-order valence-corrected chi connectivity index (χ4v) is 3.95. The maximum absolute atomic E-state index is 5.49. The Hall–Kier alpha value is -2.38. The van der Waals surface area contributed by atoms with Crippen LogP contribution in [0.5, 0.6) is 11.5 Å². The van der Waals surface area contributed by atoms with Crippen molar-refractivity contribution in [2.45, 2.75) is 19.5 Å². The van der Waals surface area contributed by atoms with Gasteiger partial charge in [-0.25, -0.2) is 4.98 Å². The summed E-state index contributed by atoms with van der Waals surface area (Å²) in [6, 6.07) is 6.01. The lowest BCUT2D eigenvalue weighted by atomic mass is 10.0. The van der Waals surface area contributed by atoms with E-state index in [1.54, 1.807) is 11.3 Å². The molecule has 3 aromatic rings. The number of aromatic amines is 1. The SMILES string of the molecule is c1csc(CN2CCc3[nH]nc(-c4ccc5c(c4)OCO5)c3C2)n1. The fourth-order valence-electron chi connectivity index (χ4n) is 3.29. The molecule has 2 aliphatic heterocycles. The minimum atomic E-state index is 0.291. The van der Waals surface area contributed by atoms with Gasteiger partial charge in [-0.3, -0.25) is 10.00 Å². The highest BCUT2D eigenvalue weighted by molar-refractivity contribution is 7.09. The maximum Gasteiger partial charge on any atom is 0.231 e. The Balaban J connectivity index is 1.44. The van der Waals surface area contributed by atoms with Crippen LogP contribution in [0, 0.1) is 0 Å². The molecule has 0 amide bonds. The van der Waals surface area contributed by atoms with Crippen molar-refractivity contribution in [2.24, 2.45) is 0 Å². The van der Waals surface area contributed by atoms with Gasteiger partial charge >= 0.3 is 0 Å². The number of thiazole rings is 1. The minimum absolute atomic E-state index is 0.291. The van der Waals surface area contributed by atoms with Crippen LogP contribution in [0.3, 0.4) is 0 Å². The molecule has 1 aromatic carbocycles. The molecule has 1 N–H and O–H groups in total. The molecule has 0 fully saturated rings. The molecule has 2 aromatic heterocycles. The first-order valence-corrected chi connectivity index (χ1v) is 8.81. The number of hydrogen-bond acceptors (Lipinski definition) is 6. The summed E-state index contributed by atoms with van der Waals surface area (Å²) >= 11 is 1.71. The second-order valence-corrected chi connectivity index (χ2v) is 6.96. The van der Waals surface area contributed by atoms with Crippen LogP contribution in [-0.2, 0) is 19.5 Å². The van der Waals surface area contributed by atoms with Gasteiger partial charge in [-0.05, 0) is 18.2 Å². The van der Waals surface area contributed by atoms with Crippen molar-refractivity contribution >= 4 is 11.3 Å². The van der Waals surface area contributed by atoms with Gasteiger partial charge in [0.1, 0.15) is 5.01 Å². The predicted molar refractivity (Wildman–Crippen MR) is 90.1 cm³/mol. The summed E-state index contributed by atoms with van der Waals surface area (Å²) in [5.41, 5.74) is 4.58. The number of H-pyrrole nitrogens is 1. The van der Waals surface area contributed by atoms with Crippen molar-refractivity contribution in [1.29, 1.82) is 0 Å². The van der Waals surface area contributed by atoms with Gasteiger partial charge in [-0.2, -0.15) is 5.10 Å². The highest BCUT2D eigenvalue weighted by Gasteiger charge is 2.24. The third-order valence-electron chi connectivity index (χ3n) is 4.50. The molecule has 6 nitrogen and oxygen atoms in total. The first-order chi connectivity index (χ1) is 11.9. The number of fused-ring (bicyclic) bond motifs is 2. The molecule has 0 spiro atoms. The van der Waals surface area contributed by atoms with E-state index >= 15 is 0 Å².